The maximum atomic E-state index is 12.4. The fourth-order valence-electron chi connectivity index (χ4n) is 1.77. The molecule has 12 heteroatoms. The molecule has 1 aromatic heterocycles. The Labute approximate surface area is 145 Å². The Morgan fingerprint density at radius 1 is 1.38 bits per heavy atom. The number of esters is 1. The molecule has 0 amide bonds. The predicted octanol–water partition coefficient (Wildman–Crippen LogP) is 2.15. The molecule has 2 rings (SSSR count). The summed E-state index contributed by atoms with van der Waals surface area (Å²) >= 11 is 0. The van der Waals surface area contributed by atoms with E-state index < -0.39 is 32.9 Å². The van der Waals surface area contributed by atoms with Gasteiger partial charge in [-0.1, -0.05) is 0 Å². The third kappa shape index (κ3) is 3.94. The lowest BCUT2D eigenvalue weighted by Crippen LogP contribution is -2.28. The number of halogens is 3. The number of alkyl halides is 3. The average molecular weight is 389 g/mol. The summed E-state index contributed by atoms with van der Waals surface area (Å²) in [6.45, 7) is 1.78. The number of carbonyl (C=O) groups is 1. The minimum atomic E-state index is -5.91. The fraction of sp³-hybridized carbons (Fsp3) is 0.214. The molecule has 0 atom stereocenters. The molecule has 0 unspecified atom stereocenters. The van der Waals surface area contributed by atoms with Crippen molar-refractivity contribution < 1.29 is 35.3 Å². The van der Waals surface area contributed by atoms with Crippen molar-refractivity contribution in [3.05, 3.63) is 41.7 Å². The van der Waals surface area contributed by atoms with Gasteiger partial charge in [-0.3, -0.25) is 0 Å². The highest BCUT2D eigenvalue weighted by Gasteiger charge is 2.48. The summed E-state index contributed by atoms with van der Waals surface area (Å²) in [5.74, 6) is -1.41. The van der Waals surface area contributed by atoms with Crippen molar-refractivity contribution in [2.75, 3.05) is 6.61 Å². The van der Waals surface area contributed by atoms with Crippen LogP contribution in [0.3, 0.4) is 0 Å². The summed E-state index contributed by atoms with van der Waals surface area (Å²) in [5.41, 5.74) is -5.79. The monoisotopic (exact) mass is 389 g/mol. The molecule has 0 spiro atoms. The zero-order valence-electron chi connectivity index (χ0n) is 13.0. The maximum absolute atomic E-state index is 12.4. The van der Waals surface area contributed by atoms with E-state index in [0.29, 0.717) is 0 Å². The van der Waals surface area contributed by atoms with Gasteiger partial charge in [0.1, 0.15) is 6.07 Å². The van der Waals surface area contributed by atoms with Gasteiger partial charge in [-0.25, -0.2) is 9.48 Å². The predicted molar refractivity (Wildman–Crippen MR) is 79.8 cm³/mol. The van der Waals surface area contributed by atoms with E-state index in [1.54, 1.807) is 13.0 Å². The van der Waals surface area contributed by atoms with Gasteiger partial charge < -0.3 is 8.92 Å². The molecule has 2 aromatic rings. The molecule has 0 fully saturated rings. The summed E-state index contributed by atoms with van der Waals surface area (Å²) in [6.07, 6.45) is 2.48. The number of aromatic nitrogens is 2. The number of nitrogens with zero attached hydrogens (tertiary/aromatic N) is 3. The summed E-state index contributed by atoms with van der Waals surface area (Å²) in [6, 6.07) is 4.65. The van der Waals surface area contributed by atoms with E-state index in [-0.39, 0.29) is 17.9 Å². The summed E-state index contributed by atoms with van der Waals surface area (Å²) in [7, 11) is -5.91. The van der Waals surface area contributed by atoms with Crippen molar-refractivity contribution >= 4 is 16.1 Å². The van der Waals surface area contributed by atoms with Gasteiger partial charge in [-0.15, -0.1) is 0 Å². The molecular formula is C14H10F3N3O5S. The van der Waals surface area contributed by atoms with Crippen molar-refractivity contribution in [2.45, 2.75) is 12.4 Å². The fourth-order valence-corrected chi connectivity index (χ4v) is 2.25. The van der Waals surface area contributed by atoms with E-state index in [4.69, 9.17) is 10.00 Å². The third-order valence-electron chi connectivity index (χ3n) is 2.92. The van der Waals surface area contributed by atoms with Crippen LogP contribution in [-0.2, 0) is 14.9 Å². The van der Waals surface area contributed by atoms with Gasteiger partial charge in [-0.05, 0) is 25.1 Å². The Morgan fingerprint density at radius 2 is 2.08 bits per heavy atom. The first-order valence-electron chi connectivity index (χ1n) is 6.86. The van der Waals surface area contributed by atoms with Gasteiger partial charge in [0.05, 0.1) is 29.6 Å². The van der Waals surface area contributed by atoms with Gasteiger partial charge in [0.25, 0.3) is 0 Å². The second-order valence-corrected chi connectivity index (χ2v) is 6.21. The molecule has 8 nitrogen and oxygen atoms in total. The number of benzene rings is 1. The Kier molecular flexibility index (Phi) is 5.22. The summed E-state index contributed by atoms with van der Waals surface area (Å²) < 4.78 is 69.2. The first kappa shape index (κ1) is 19.3. The van der Waals surface area contributed by atoms with E-state index in [0.717, 1.165) is 16.8 Å². The Hall–Kier alpha value is -3.07. The quantitative estimate of drug-likeness (QED) is 0.438. The lowest BCUT2D eigenvalue weighted by atomic mass is 10.2. The largest absolute Gasteiger partial charge is 0.534 e. The van der Waals surface area contributed by atoms with Crippen LogP contribution in [0.15, 0.2) is 30.6 Å². The molecule has 26 heavy (non-hydrogen) atoms. The van der Waals surface area contributed by atoms with Gasteiger partial charge in [0.15, 0.2) is 5.75 Å². The standard InChI is InChI=1S/C14H10F3N3O5S/c1-2-24-13(21)10-7-19-20(8-10)11-3-4-12(9(5-11)6-18)25-26(22,23)14(15,16)17/h3-5,7-8H,2H2,1H3. The van der Waals surface area contributed by atoms with E-state index in [9.17, 15) is 26.4 Å². The normalized spacial score (nSPS) is 11.7. The lowest BCUT2D eigenvalue weighted by Gasteiger charge is -2.11. The topological polar surface area (TPSA) is 111 Å². The van der Waals surface area contributed by atoms with Crippen LogP contribution in [0.1, 0.15) is 22.8 Å². The van der Waals surface area contributed by atoms with E-state index in [2.05, 4.69) is 9.28 Å². The van der Waals surface area contributed by atoms with Crippen LogP contribution < -0.4 is 4.18 Å². The highest BCUT2D eigenvalue weighted by Crippen LogP contribution is 2.29. The molecular weight excluding hydrogens is 379 g/mol. The van der Waals surface area contributed by atoms with E-state index >= 15 is 0 Å². The molecule has 0 N–H and O–H groups in total. The van der Waals surface area contributed by atoms with E-state index in [1.807, 2.05) is 0 Å². The van der Waals surface area contributed by atoms with Gasteiger partial charge in [0, 0.05) is 6.20 Å². The maximum Gasteiger partial charge on any atom is 0.534 e. The molecule has 0 bridgehead atoms. The molecule has 0 aliphatic rings. The number of ether oxygens (including phenoxy) is 1. The molecule has 0 aliphatic heterocycles. The van der Waals surface area contributed by atoms with Gasteiger partial charge >= 0.3 is 21.6 Å². The molecule has 0 radical (unpaired) electrons. The Bertz CT molecular complexity index is 976. The third-order valence-corrected chi connectivity index (χ3v) is 3.89. The van der Waals surface area contributed by atoms with Crippen molar-refractivity contribution in [1.29, 1.82) is 5.26 Å². The van der Waals surface area contributed by atoms with Crippen molar-refractivity contribution in [3.8, 4) is 17.5 Å². The molecule has 138 valence electrons. The summed E-state index contributed by atoms with van der Waals surface area (Å²) in [5, 5.41) is 12.9. The highest BCUT2D eigenvalue weighted by atomic mass is 32.2. The van der Waals surface area contributed by atoms with Crippen LogP contribution in [0, 0.1) is 11.3 Å². The average Bonchev–Trinajstić information content (AvgIpc) is 3.04. The second kappa shape index (κ2) is 7.04. The smallest absolute Gasteiger partial charge is 0.462 e. The zero-order valence-corrected chi connectivity index (χ0v) is 13.8. The van der Waals surface area contributed by atoms with Crippen LogP contribution in [0.4, 0.5) is 13.2 Å². The van der Waals surface area contributed by atoms with Crippen molar-refractivity contribution in [3.63, 3.8) is 0 Å². The molecule has 0 saturated heterocycles. The Balaban J connectivity index is 2.35. The highest BCUT2D eigenvalue weighted by molar-refractivity contribution is 7.88. The number of hydrogen-bond acceptors (Lipinski definition) is 7. The minimum Gasteiger partial charge on any atom is -0.462 e. The minimum absolute atomic E-state index is 0.116. The zero-order chi connectivity index (χ0) is 19.5. The van der Waals surface area contributed by atoms with Crippen LogP contribution >= 0.6 is 0 Å². The Morgan fingerprint density at radius 3 is 2.65 bits per heavy atom. The molecule has 1 aromatic carbocycles. The first-order chi connectivity index (χ1) is 12.1. The molecule has 1 heterocycles. The number of carbonyl (C=O) groups excluding carboxylic acids is 1. The van der Waals surface area contributed by atoms with Gasteiger partial charge in [-0.2, -0.15) is 31.9 Å². The number of hydrogen-bond donors (Lipinski definition) is 0. The first-order valence-corrected chi connectivity index (χ1v) is 8.27. The van der Waals surface area contributed by atoms with Crippen LogP contribution in [0.2, 0.25) is 0 Å². The molecule has 0 saturated carbocycles. The second-order valence-electron chi connectivity index (χ2n) is 4.67. The van der Waals surface area contributed by atoms with Crippen LogP contribution in [-0.4, -0.2) is 36.3 Å². The summed E-state index contributed by atoms with van der Waals surface area (Å²) in [4.78, 5) is 11.6. The molecule has 0 aliphatic carbocycles. The number of rotatable bonds is 5. The SMILES string of the molecule is CCOC(=O)c1cnn(-c2ccc(OS(=O)(=O)C(F)(F)F)c(C#N)c2)c1. The lowest BCUT2D eigenvalue weighted by molar-refractivity contribution is -0.0500. The van der Waals surface area contributed by atoms with Gasteiger partial charge in [0.2, 0.25) is 0 Å². The van der Waals surface area contributed by atoms with Crippen molar-refractivity contribution in [1.82, 2.24) is 9.78 Å². The van der Waals surface area contributed by atoms with Crippen molar-refractivity contribution in [2.24, 2.45) is 0 Å². The van der Waals surface area contributed by atoms with Crippen LogP contribution in [0.5, 0.6) is 5.75 Å². The number of nitriles is 1. The van der Waals surface area contributed by atoms with E-state index in [1.165, 1.54) is 18.5 Å². The van der Waals surface area contributed by atoms with Crippen LogP contribution in [0.25, 0.3) is 5.69 Å².